The molecule has 2 aromatic rings. The first-order chi connectivity index (χ1) is 13.3. The molecule has 1 amide bonds. The lowest BCUT2D eigenvalue weighted by molar-refractivity contribution is -0.134. The van der Waals surface area contributed by atoms with E-state index in [0.29, 0.717) is 0 Å². The van der Waals surface area contributed by atoms with Gasteiger partial charge < -0.3 is 9.64 Å². The smallest absolute Gasteiger partial charge is 0.260 e. The first-order valence-electron chi connectivity index (χ1n) is 8.39. The van der Waals surface area contributed by atoms with E-state index in [2.05, 4.69) is 0 Å². The van der Waals surface area contributed by atoms with Crippen LogP contribution in [-0.4, -0.2) is 56.3 Å². The number of sulfonamides is 1. The van der Waals surface area contributed by atoms with Gasteiger partial charge in [-0.1, -0.05) is 0 Å². The van der Waals surface area contributed by atoms with Crippen LogP contribution in [0.2, 0.25) is 0 Å². The number of benzene rings is 2. The number of nitrogens with zero attached hydrogens (tertiary/aromatic N) is 2. The summed E-state index contributed by atoms with van der Waals surface area (Å²) in [4.78, 5) is 13.6. The Morgan fingerprint density at radius 2 is 1.57 bits per heavy atom. The Hall–Kier alpha value is -2.59. The standard InChI is InChI=1S/C18H17F3N2O4S/c19-13-1-4-15(5-2-13)28(25,26)23-9-7-22(8-10-23)18(24)12-27-14-3-6-16(20)17(21)11-14/h1-6,11H,7-10,12H2. The summed E-state index contributed by atoms with van der Waals surface area (Å²) in [7, 11) is -3.77. The summed E-state index contributed by atoms with van der Waals surface area (Å²) < 4.78 is 70.5. The Bertz CT molecular complexity index is 959. The molecule has 0 bridgehead atoms. The van der Waals surface area contributed by atoms with Gasteiger partial charge in [-0.3, -0.25) is 4.79 Å². The fourth-order valence-corrected chi connectivity index (χ4v) is 4.16. The van der Waals surface area contributed by atoms with Crippen LogP contribution in [0.15, 0.2) is 47.4 Å². The Morgan fingerprint density at radius 3 is 2.18 bits per heavy atom. The molecular formula is C18H17F3N2O4S. The van der Waals surface area contributed by atoms with Crippen molar-refractivity contribution in [2.75, 3.05) is 32.8 Å². The summed E-state index contributed by atoms with van der Waals surface area (Å²) in [6.45, 7) is 0.0871. The van der Waals surface area contributed by atoms with Crippen LogP contribution in [0.3, 0.4) is 0 Å². The highest BCUT2D eigenvalue weighted by molar-refractivity contribution is 7.89. The van der Waals surface area contributed by atoms with E-state index < -0.39 is 33.4 Å². The average molecular weight is 414 g/mol. The third kappa shape index (κ3) is 4.45. The molecule has 6 nitrogen and oxygen atoms in total. The fraction of sp³-hybridized carbons (Fsp3) is 0.278. The summed E-state index contributed by atoms with van der Waals surface area (Å²) in [6, 6.07) is 7.48. The Morgan fingerprint density at radius 1 is 0.929 bits per heavy atom. The second-order valence-corrected chi connectivity index (χ2v) is 8.04. The largest absolute Gasteiger partial charge is 0.484 e. The molecule has 150 valence electrons. The lowest BCUT2D eigenvalue weighted by Gasteiger charge is -2.34. The normalized spacial score (nSPS) is 15.5. The van der Waals surface area contributed by atoms with Crippen LogP contribution < -0.4 is 4.74 Å². The van der Waals surface area contributed by atoms with E-state index in [1.165, 1.54) is 27.4 Å². The van der Waals surface area contributed by atoms with Gasteiger partial charge in [0.25, 0.3) is 5.91 Å². The van der Waals surface area contributed by atoms with E-state index in [1.54, 1.807) is 0 Å². The van der Waals surface area contributed by atoms with E-state index in [0.717, 1.165) is 24.3 Å². The van der Waals surface area contributed by atoms with Crippen molar-refractivity contribution in [3.63, 3.8) is 0 Å². The van der Waals surface area contributed by atoms with Crippen LogP contribution in [0.4, 0.5) is 13.2 Å². The third-order valence-corrected chi connectivity index (χ3v) is 6.21. The number of amides is 1. The van der Waals surface area contributed by atoms with Gasteiger partial charge in [0.05, 0.1) is 4.90 Å². The van der Waals surface area contributed by atoms with E-state index in [1.807, 2.05) is 0 Å². The van der Waals surface area contributed by atoms with Crippen molar-refractivity contribution < 1.29 is 31.1 Å². The highest BCUT2D eigenvalue weighted by Gasteiger charge is 2.30. The van der Waals surface area contributed by atoms with Gasteiger partial charge in [-0.25, -0.2) is 21.6 Å². The second kappa shape index (κ2) is 8.19. The number of hydrogen-bond donors (Lipinski definition) is 0. The minimum absolute atomic E-state index is 0.0182. The number of piperazine rings is 1. The number of carbonyl (C=O) groups excluding carboxylic acids is 1. The minimum Gasteiger partial charge on any atom is -0.484 e. The molecule has 10 heteroatoms. The van der Waals surface area contributed by atoms with E-state index in [9.17, 15) is 26.4 Å². The predicted octanol–water partition coefficient (Wildman–Crippen LogP) is 2.02. The third-order valence-electron chi connectivity index (χ3n) is 4.30. The predicted molar refractivity (Wildman–Crippen MR) is 93.6 cm³/mol. The summed E-state index contributed by atoms with van der Waals surface area (Å²) in [5, 5.41) is 0. The number of ether oxygens (including phenoxy) is 1. The van der Waals surface area contributed by atoms with Crippen LogP contribution >= 0.6 is 0 Å². The van der Waals surface area contributed by atoms with Crippen molar-refractivity contribution in [2.24, 2.45) is 0 Å². The van der Waals surface area contributed by atoms with Gasteiger partial charge >= 0.3 is 0 Å². The van der Waals surface area contributed by atoms with Crippen LogP contribution in [0.25, 0.3) is 0 Å². The quantitative estimate of drug-likeness (QED) is 0.751. The van der Waals surface area contributed by atoms with Gasteiger partial charge in [-0.15, -0.1) is 0 Å². The van der Waals surface area contributed by atoms with Gasteiger partial charge in [-0.2, -0.15) is 4.31 Å². The van der Waals surface area contributed by atoms with Crippen LogP contribution in [0.1, 0.15) is 0 Å². The molecule has 1 heterocycles. The maximum absolute atomic E-state index is 13.1. The lowest BCUT2D eigenvalue weighted by Crippen LogP contribution is -2.51. The maximum atomic E-state index is 13.1. The topological polar surface area (TPSA) is 66.9 Å². The summed E-state index contributed by atoms with van der Waals surface area (Å²) in [5.41, 5.74) is 0. The number of rotatable bonds is 5. The zero-order valence-corrected chi connectivity index (χ0v) is 15.5. The molecule has 28 heavy (non-hydrogen) atoms. The number of carbonyl (C=O) groups is 1. The van der Waals surface area contributed by atoms with E-state index in [4.69, 9.17) is 4.74 Å². The Kier molecular flexibility index (Phi) is 5.90. The monoisotopic (exact) mass is 414 g/mol. The summed E-state index contributed by atoms with van der Waals surface area (Å²) in [6.07, 6.45) is 0. The molecule has 1 aliphatic heterocycles. The van der Waals surface area contributed by atoms with Gasteiger partial charge in [0.1, 0.15) is 11.6 Å². The zero-order chi connectivity index (χ0) is 20.3. The molecule has 0 saturated carbocycles. The SMILES string of the molecule is O=C(COc1ccc(F)c(F)c1)N1CCN(S(=O)(=O)c2ccc(F)cc2)CC1. The average Bonchev–Trinajstić information content (AvgIpc) is 2.69. The molecule has 0 aromatic heterocycles. The molecule has 0 aliphatic carbocycles. The van der Waals surface area contributed by atoms with E-state index >= 15 is 0 Å². The van der Waals surface area contributed by atoms with Crippen molar-refractivity contribution in [3.05, 3.63) is 59.9 Å². The molecule has 0 spiro atoms. The zero-order valence-electron chi connectivity index (χ0n) is 14.6. The summed E-state index contributed by atoms with van der Waals surface area (Å²) >= 11 is 0. The molecule has 1 saturated heterocycles. The number of halogens is 3. The van der Waals surface area contributed by atoms with Gasteiger partial charge in [0, 0.05) is 32.2 Å². The van der Waals surface area contributed by atoms with Crippen molar-refractivity contribution in [1.82, 2.24) is 9.21 Å². The Balaban J connectivity index is 1.55. The molecule has 0 atom stereocenters. The van der Waals surface area contributed by atoms with Gasteiger partial charge in [0.15, 0.2) is 18.2 Å². The van der Waals surface area contributed by atoms with Crippen LogP contribution in [-0.2, 0) is 14.8 Å². The summed E-state index contributed by atoms with van der Waals surface area (Å²) in [5.74, 6) is -3.01. The maximum Gasteiger partial charge on any atom is 0.260 e. The van der Waals surface area contributed by atoms with Gasteiger partial charge in [0.2, 0.25) is 10.0 Å². The first-order valence-corrected chi connectivity index (χ1v) is 9.83. The molecule has 0 N–H and O–H groups in total. The molecule has 2 aromatic carbocycles. The molecular weight excluding hydrogens is 397 g/mol. The molecule has 1 aliphatic rings. The lowest BCUT2D eigenvalue weighted by atomic mass is 10.3. The minimum atomic E-state index is -3.77. The van der Waals surface area contributed by atoms with Crippen molar-refractivity contribution in [3.8, 4) is 5.75 Å². The second-order valence-electron chi connectivity index (χ2n) is 6.10. The highest BCUT2D eigenvalue weighted by atomic mass is 32.2. The van der Waals surface area contributed by atoms with Crippen molar-refractivity contribution in [1.29, 1.82) is 0 Å². The molecule has 0 radical (unpaired) electrons. The van der Waals surface area contributed by atoms with E-state index in [-0.39, 0.29) is 43.4 Å². The molecule has 1 fully saturated rings. The van der Waals surface area contributed by atoms with Crippen molar-refractivity contribution in [2.45, 2.75) is 4.90 Å². The fourth-order valence-electron chi connectivity index (χ4n) is 2.74. The first kappa shape index (κ1) is 20.2. The van der Waals surface area contributed by atoms with Crippen LogP contribution in [0.5, 0.6) is 5.75 Å². The molecule has 3 rings (SSSR count). The highest BCUT2D eigenvalue weighted by Crippen LogP contribution is 2.19. The Labute approximate surface area is 160 Å². The van der Waals surface area contributed by atoms with Crippen LogP contribution in [0, 0.1) is 17.5 Å². The molecule has 0 unspecified atom stereocenters. The number of hydrogen-bond acceptors (Lipinski definition) is 4. The van der Waals surface area contributed by atoms with Gasteiger partial charge in [-0.05, 0) is 36.4 Å². The van der Waals surface area contributed by atoms with Crippen molar-refractivity contribution >= 4 is 15.9 Å².